The summed E-state index contributed by atoms with van der Waals surface area (Å²) in [4.78, 5) is 24.5. The van der Waals surface area contributed by atoms with Gasteiger partial charge < -0.3 is 10.2 Å². The van der Waals surface area contributed by atoms with E-state index in [1.165, 1.54) is 0 Å². The molecule has 0 aromatic rings. The molecule has 0 saturated heterocycles. The molecular weight excluding hydrogens is 335 g/mol. The maximum atomic E-state index is 16.6. The fraction of sp³-hybridized carbons (Fsp3) is 0.810. The lowest BCUT2D eigenvalue weighted by Gasteiger charge is -2.61. The van der Waals surface area contributed by atoms with Crippen LogP contribution < -0.4 is 0 Å². The van der Waals surface area contributed by atoms with Crippen LogP contribution in [0, 0.1) is 28.6 Å². The Morgan fingerprint density at radius 3 is 2.65 bits per heavy atom. The first-order valence-electron chi connectivity index (χ1n) is 9.92. The first-order chi connectivity index (χ1) is 12.2. The molecule has 4 aliphatic carbocycles. The number of hydrogen-bond acceptors (Lipinski definition) is 4. The minimum atomic E-state index is -1.46. The SMILES string of the molecule is C[C@]12CC[C@@]3(F)[C@@H](CCC4=CC(O)C(=O)C[C@@]43C)[C@@H]1CC[C@@H]2C(=O)CO. The molecule has 0 amide bonds. The van der Waals surface area contributed by atoms with E-state index in [2.05, 4.69) is 6.92 Å². The average molecular weight is 364 g/mol. The lowest BCUT2D eigenvalue weighted by molar-refractivity contribution is -0.159. The molecule has 2 N–H and O–H groups in total. The zero-order chi connectivity index (χ0) is 18.9. The van der Waals surface area contributed by atoms with Gasteiger partial charge in [0.05, 0.1) is 0 Å². The van der Waals surface area contributed by atoms with E-state index in [1.54, 1.807) is 6.08 Å². The Kier molecular flexibility index (Phi) is 4.02. The van der Waals surface area contributed by atoms with Gasteiger partial charge in [-0.2, -0.15) is 0 Å². The topological polar surface area (TPSA) is 74.6 Å². The van der Waals surface area contributed by atoms with Gasteiger partial charge in [0.25, 0.3) is 0 Å². The maximum absolute atomic E-state index is 16.6. The third kappa shape index (κ3) is 2.13. The normalized spacial score (nSPS) is 50.5. The molecule has 4 aliphatic rings. The van der Waals surface area contributed by atoms with Crippen LogP contribution in [0.5, 0.6) is 0 Å². The summed E-state index contributed by atoms with van der Waals surface area (Å²) in [6, 6.07) is 0. The molecule has 1 unspecified atom stereocenters. The van der Waals surface area contributed by atoms with Crippen molar-refractivity contribution in [3.63, 3.8) is 0 Å². The number of rotatable bonds is 2. The second-order valence-corrected chi connectivity index (χ2v) is 9.49. The molecule has 5 heteroatoms. The minimum Gasteiger partial charge on any atom is -0.389 e. The molecule has 0 aromatic heterocycles. The van der Waals surface area contributed by atoms with Gasteiger partial charge in [-0.3, -0.25) is 9.59 Å². The quantitative estimate of drug-likeness (QED) is 0.739. The van der Waals surface area contributed by atoms with E-state index in [0.717, 1.165) is 18.4 Å². The number of halogens is 1. The van der Waals surface area contributed by atoms with E-state index in [9.17, 15) is 19.8 Å². The number of fused-ring (bicyclic) bond motifs is 5. The second-order valence-electron chi connectivity index (χ2n) is 9.49. The molecule has 26 heavy (non-hydrogen) atoms. The summed E-state index contributed by atoms with van der Waals surface area (Å²) in [6.07, 6.45) is 4.47. The summed E-state index contributed by atoms with van der Waals surface area (Å²) in [5.41, 5.74) is -1.66. The zero-order valence-electron chi connectivity index (χ0n) is 15.6. The molecule has 0 aliphatic heterocycles. The van der Waals surface area contributed by atoms with E-state index in [-0.39, 0.29) is 41.2 Å². The molecule has 3 fully saturated rings. The number of ketones is 2. The van der Waals surface area contributed by atoms with Crippen LogP contribution in [0.2, 0.25) is 0 Å². The Hall–Kier alpha value is -1.07. The molecule has 4 rings (SSSR count). The van der Waals surface area contributed by atoms with Crippen LogP contribution in [-0.2, 0) is 9.59 Å². The second kappa shape index (κ2) is 5.71. The predicted octanol–water partition coefficient (Wildman–Crippen LogP) is 2.76. The summed E-state index contributed by atoms with van der Waals surface area (Å²) in [6.45, 7) is 3.53. The van der Waals surface area contributed by atoms with Crippen LogP contribution >= 0.6 is 0 Å². The minimum absolute atomic E-state index is 0.0649. The molecule has 4 nitrogen and oxygen atoms in total. The van der Waals surface area contributed by atoms with Crippen LogP contribution in [0.15, 0.2) is 11.6 Å². The number of aliphatic hydroxyl groups is 2. The smallest absolute Gasteiger partial charge is 0.166 e. The van der Waals surface area contributed by atoms with E-state index in [0.29, 0.717) is 25.7 Å². The highest BCUT2D eigenvalue weighted by Crippen LogP contribution is 2.69. The van der Waals surface area contributed by atoms with E-state index >= 15 is 4.39 Å². The molecule has 3 saturated carbocycles. The first-order valence-corrected chi connectivity index (χ1v) is 9.92. The van der Waals surface area contributed by atoms with Gasteiger partial charge in [-0.15, -0.1) is 0 Å². The number of carbonyl (C=O) groups excluding carboxylic acids is 2. The van der Waals surface area contributed by atoms with E-state index in [1.807, 2.05) is 6.92 Å². The Morgan fingerprint density at radius 1 is 1.23 bits per heavy atom. The van der Waals surface area contributed by atoms with Gasteiger partial charge in [0, 0.05) is 17.8 Å². The van der Waals surface area contributed by atoms with Gasteiger partial charge >= 0.3 is 0 Å². The van der Waals surface area contributed by atoms with Crippen molar-refractivity contribution >= 4 is 11.6 Å². The monoisotopic (exact) mass is 364 g/mol. The summed E-state index contributed by atoms with van der Waals surface area (Å²) >= 11 is 0. The average Bonchev–Trinajstić information content (AvgIpc) is 2.94. The molecule has 0 aromatic carbocycles. The molecule has 0 spiro atoms. The number of allylic oxidation sites excluding steroid dienone is 1. The Bertz CT molecular complexity index is 687. The van der Waals surface area contributed by atoms with Gasteiger partial charge in [0.15, 0.2) is 11.6 Å². The number of Topliss-reactive ketones (excluding diaryl/α,β-unsaturated/α-hetero) is 2. The highest BCUT2D eigenvalue weighted by Gasteiger charge is 2.68. The van der Waals surface area contributed by atoms with Crippen molar-refractivity contribution < 1.29 is 24.2 Å². The number of hydrogen-bond donors (Lipinski definition) is 2. The predicted molar refractivity (Wildman–Crippen MR) is 94.0 cm³/mol. The summed E-state index contributed by atoms with van der Waals surface area (Å²) in [5.74, 6) is -0.631. The Morgan fingerprint density at radius 2 is 1.96 bits per heavy atom. The lowest BCUT2D eigenvalue weighted by Crippen LogP contribution is -2.62. The summed E-state index contributed by atoms with van der Waals surface area (Å²) in [5, 5.41) is 19.3. The zero-order valence-corrected chi connectivity index (χ0v) is 15.6. The highest BCUT2D eigenvalue weighted by atomic mass is 19.1. The molecule has 0 radical (unpaired) electrons. The number of aliphatic hydroxyl groups excluding tert-OH is 2. The van der Waals surface area contributed by atoms with Gasteiger partial charge in [-0.05, 0) is 61.9 Å². The molecule has 0 heterocycles. The Labute approximate surface area is 153 Å². The summed E-state index contributed by atoms with van der Waals surface area (Å²) in [7, 11) is 0. The van der Waals surface area contributed by atoms with Crippen molar-refractivity contribution in [1.82, 2.24) is 0 Å². The fourth-order valence-corrected chi connectivity index (χ4v) is 7.11. The van der Waals surface area contributed by atoms with Crippen LogP contribution in [-0.4, -0.2) is 40.2 Å². The molecule has 144 valence electrons. The maximum Gasteiger partial charge on any atom is 0.166 e. The van der Waals surface area contributed by atoms with Gasteiger partial charge in [-0.25, -0.2) is 4.39 Å². The largest absolute Gasteiger partial charge is 0.389 e. The molecule has 7 atom stereocenters. The van der Waals surface area contributed by atoms with E-state index in [4.69, 9.17) is 0 Å². The van der Waals surface area contributed by atoms with Gasteiger partial charge in [0.2, 0.25) is 0 Å². The van der Waals surface area contributed by atoms with Crippen molar-refractivity contribution in [2.45, 2.75) is 70.6 Å². The van der Waals surface area contributed by atoms with Crippen LogP contribution in [0.25, 0.3) is 0 Å². The van der Waals surface area contributed by atoms with Crippen LogP contribution in [0.3, 0.4) is 0 Å². The van der Waals surface area contributed by atoms with Crippen molar-refractivity contribution in [3.8, 4) is 0 Å². The van der Waals surface area contributed by atoms with Crippen molar-refractivity contribution in [1.29, 1.82) is 0 Å². The standard InChI is InChI=1S/C21H29FO4/c1-19-7-8-21(22)14(13(19)5-6-15(19)18(26)11-23)4-3-12-9-16(24)17(25)10-20(12,21)2/h9,13-16,23-24H,3-8,10-11H2,1-2H3/t13-,14-,15+,16?,19-,20-,21+/m0/s1. The lowest BCUT2D eigenvalue weighted by atomic mass is 9.45. The van der Waals surface area contributed by atoms with Gasteiger partial charge in [0.1, 0.15) is 18.4 Å². The third-order valence-corrected chi connectivity index (χ3v) is 8.62. The van der Waals surface area contributed by atoms with Crippen molar-refractivity contribution in [3.05, 3.63) is 11.6 Å². The molecular formula is C21H29FO4. The summed E-state index contributed by atoms with van der Waals surface area (Å²) < 4.78 is 16.6. The fourth-order valence-electron chi connectivity index (χ4n) is 7.11. The number of alkyl halides is 1. The highest BCUT2D eigenvalue weighted by molar-refractivity contribution is 5.87. The van der Waals surface area contributed by atoms with Crippen molar-refractivity contribution in [2.75, 3.05) is 6.61 Å². The van der Waals surface area contributed by atoms with Gasteiger partial charge in [-0.1, -0.05) is 19.4 Å². The van der Waals surface area contributed by atoms with Crippen LogP contribution in [0.4, 0.5) is 4.39 Å². The Balaban J connectivity index is 1.72. The van der Waals surface area contributed by atoms with Crippen molar-refractivity contribution in [2.24, 2.45) is 28.6 Å². The third-order valence-electron chi connectivity index (χ3n) is 8.62. The number of carbonyl (C=O) groups is 2. The van der Waals surface area contributed by atoms with E-state index < -0.39 is 23.8 Å². The van der Waals surface area contributed by atoms with Crippen LogP contribution in [0.1, 0.15) is 58.8 Å². The first kappa shape index (κ1) is 18.3. The molecule has 0 bridgehead atoms.